The molecule has 0 aromatic heterocycles. The van der Waals surface area contributed by atoms with Gasteiger partial charge >= 0.3 is 5.97 Å². The Kier molecular flexibility index (Phi) is 6.99. The number of aryl methyl sites for hydroxylation is 1. The van der Waals surface area contributed by atoms with Crippen molar-refractivity contribution in [1.29, 1.82) is 0 Å². The fourth-order valence-electron chi connectivity index (χ4n) is 2.79. The average Bonchev–Trinajstić information content (AvgIpc) is 2.66. The summed E-state index contributed by atoms with van der Waals surface area (Å²) in [6.45, 7) is 9.63. The van der Waals surface area contributed by atoms with Crippen LogP contribution in [-0.4, -0.2) is 68.9 Å². The van der Waals surface area contributed by atoms with Gasteiger partial charge in [0.05, 0.1) is 25.9 Å². The Hall–Kier alpha value is -2.12. The zero-order valence-corrected chi connectivity index (χ0v) is 16.0. The Bertz CT molecular complexity index is 639. The van der Waals surface area contributed by atoms with Gasteiger partial charge in [0.1, 0.15) is 5.75 Å². The Labute approximate surface area is 154 Å². The third-order valence-corrected chi connectivity index (χ3v) is 4.55. The first kappa shape index (κ1) is 20.2. The Morgan fingerprint density at radius 2 is 1.96 bits per heavy atom. The average molecular weight is 364 g/mol. The third-order valence-electron chi connectivity index (χ3n) is 4.55. The maximum Gasteiger partial charge on any atom is 0.337 e. The maximum atomic E-state index is 12.2. The van der Waals surface area contributed by atoms with E-state index < -0.39 is 5.97 Å². The van der Waals surface area contributed by atoms with Crippen molar-refractivity contribution in [2.75, 3.05) is 46.6 Å². The van der Waals surface area contributed by atoms with E-state index in [1.54, 1.807) is 18.2 Å². The van der Waals surface area contributed by atoms with Crippen LogP contribution in [0.15, 0.2) is 18.2 Å². The van der Waals surface area contributed by atoms with Crippen LogP contribution < -0.4 is 10.1 Å². The molecule has 1 aliphatic heterocycles. The van der Waals surface area contributed by atoms with Gasteiger partial charge in [0.2, 0.25) is 0 Å². The molecule has 1 heterocycles. The monoisotopic (exact) mass is 364 g/mol. The molecule has 1 aliphatic rings. The van der Waals surface area contributed by atoms with E-state index in [-0.39, 0.29) is 18.1 Å². The molecular formula is C19H28N2O5. The van der Waals surface area contributed by atoms with Gasteiger partial charge in [-0.25, -0.2) is 4.79 Å². The zero-order chi connectivity index (χ0) is 19.2. The summed E-state index contributed by atoms with van der Waals surface area (Å²) in [5.41, 5.74) is 1.08. The molecule has 0 atom stereocenters. The minimum atomic E-state index is -0.438. The molecule has 1 amide bonds. The number of ether oxygens (including phenoxy) is 3. The van der Waals surface area contributed by atoms with E-state index in [2.05, 4.69) is 24.1 Å². The zero-order valence-electron chi connectivity index (χ0n) is 16.0. The molecule has 1 saturated heterocycles. The van der Waals surface area contributed by atoms with Crippen LogP contribution in [0, 0.1) is 6.92 Å². The number of amides is 1. The molecule has 0 saturated carbocycles. The lowest BCUT2D eigenvalue weighted by atomic mass is 10.0. The number of morpholine rings is 1. The van der Waals surface area contributed by atoms with E-state index in [4.69, 9.17) is 14.2 Å². The van der Waals surface area contributed by atoms with Gasteiger partial charge in [-0.1, -0.05) is 6.07 Å². The Morgan fingerprint density at radius 3 is 2.62 bits per heavy atom. The van der Waals surface area contributed by atoms with E-state index in [9.17, 15) is 9.59 Å². The second kappa shape index (κ2) is 9.00. The molecule has 0 radical (unpaired) electrons. The van der Waals surface area contributed by atoms with Crippen molar-refractivity contribution >= 4 is 11.9 Å². The summed E-state index contributed by atoms with van der Waals surface area (Å²) in [7, 11) is 1.33. The van der Waals surface area contributed by atoms with Crippen LogP contribution in [0.2, 0.25) is 0 Å². The highest BCUT2D eigenvalue weighted by Gasteiger charge is 2.28. The van der Waals surface area contributed by atoms with Gasteiger partial charge < -0.3 is 19.5 Å². The topological polar surface area (TPSA) is 77.1 Å². The van der Waals surface area contributed by atoms with E-state index in [0.717, 1.165) is 31.9 Å². The number of benzene rings is 1. The summed E-state index contributed by atoms with van der Waals surface area (Å²) >= 11 is 0. The molecule has 2 rings (SSSR count). The number of rotatable bonds is 7. The number of esters is 1. The van der Waals surface area contributed by atoms with Gasteiger partial charge in [-0.05, 0) is 38.5 Å². The molecule has 0 aliphatic carbocycles. The third kappa shape index (κ3) is 5.44. The van der Waals surface area contributed by atoms with Crippen molar-refractivity contribution in [3.8, 4) is 5.75 Å². The van der Waals surface area contributed by atoms with E-state index in [1.165, 1.54) is 7.11 Å². The molecule has 7 heteroatoms. The highest BCUT2D eigenvalue weighted by atomic mass is 16.5. The lowest BCUT2D eigenvalue weighted by Gasteiger charge is -2.40. The number of carbonyl (C=O) groups is 2. The van der Waals surface area contributed by atoms with Gasteiger partial charge in [0.25, 0.3) is 5.91 Å². The number of nitrogens with one attached hydrogen (secondary N) is 1. The van der Waals surface area contributed by atoms with Crippen LogP contribution in [0.5, 0.6) is 5.75 Å². The second-order valence-electron chi connectivity index (χ2n) is 6.95. The Morgan fingerprint density at radius 1 is 1.27 bits per heavy atom. The van der Waals surface area contributed by atoms with Crippen LogP contribution in [-0.2, 0) is 14.3 Å². The minimum Gasteiger partial charge on any atom is -0.483 e. The van der Waals surface area contributed by atoms with E-state index in [1.807, 2.05) is 6.92 Å². The summed E-state index contributed by atoms with van der Waals surface area (Å²) in [6.07, 6.45) is 0. The molecule has 0 spiro atoms. The van der Waals surface area contributed by atoms with E-state index in [0.29, 0.717) is 17.9 Å². The molecule has 1 aromatic rings. The molecule has 7 nitrogen and oxygen atoms in total. The lowest BCUT2D eigenvalue weighted by molar-refractivity contribution is -0.123. The normalized spacial score (nSPS) is 15.4. The first-order valence-corrected chi connectivity index (χ1v) is 8.75. The van der Waals surface area contributed by atoms with Crippen molar-refractivity contribution in [2.24, 2.45) is 0 Å². The standard InChI is InChI=1S/C19H28N2O5/c1-14-5-6-15(18(23)24-4)11-16(14)26-12-17(22)20-13-19(2,3)21-7-9-25-10-8-21/h5-6,11H,7-10,12-13H2,1-4H3,(H,20,22). The van der Waals surface area contributed by atoms with Crippen LogP contribution in [0.1, 0.15) is 29.8 Å². The second-order valence-corrected chi connectivity index (χ2v) is 6.95. The van der Waals surface area contributed by atoms with Gasteiger partial charge in [-0.3, -0.25) is 9.69 Å². The SMILES string of the molecule is COC(=O)c1ccc(C)c(OCC(=O)NCC(C)(C)N2CCOCC2)c1. The van der Waals surface area contributed by atoms with Crippen LogP contribution >= 0.6 is 0 Å². The Balaban J connectivity index is 1.85. The van der Waals surface area contributed by atoms with E-state index >= 15 is 0 Å². The number of nitrogens with zero attached hydrogens (tertiary/aromatic N) is 1. The minimum absolute atomic E-state index is 0.106. The van der Waals surface area contributed by atoms with Gasteiger partial charge in [0.15, 0.2) is 6.61 Å². The highest BCUT2D eigenvalue weighted by molar-refractivity contribution is 5.90. The summed E-state index contributed by atoms with van der Waals surface area (Å²) in [4.78, 5) is 26.1. The van der Waals surface area contributed by atoms with Crippen molar-refractivity contribution in [3.05, 3.63) is 29.3 Å². The number of carbonyl (C=O) groups excluding carboxylic acids is 2. The van der Waals surface area contributed by atoms with Crippen LogP contribution in [0.4, 0.5) is 0 Å². The van der Waals surface area contributed by atoms with Gasteiger partial charge in [-0.2, -0.15) is 0 Å². The van der Waals surface area contributed by atoms with Gasteiger partial charge in [-0.15, -0.1) is 0 Å². The summed E-state index contributed by atoms with van der Waals surface area (Å²) in [5.74, 6) is -0.142. The molecule has 0 unspecified atom stereocenters. The number of hydrogen-bond donors (Lipinski definition) is 1. The van der Waals surface area contributed by atoms with Crippen molar-refractivity contribution in [2.45, 2.75) is 26.3 Å². The largest absolute Gasteiger partial charge is 0.483 e. The quantitative estimate of drug-likeness (QED) is 0.737. The van der Waals surface area contributed by atoms with Crippen LogP contribution in [0.3, 0.4) is 0 Å². The predicted molar refractivity (Wildman–Crippen MR) is 97.5 cm³/mol. The first-order valence-electron chi connectivity index (χ1n) is 8.75. The molecule has 26 heavy (non-hydrogen) atoms. The first-order chi connectivity index (χ1) is 12.3. The summed E-state index contributed by atoms with van der Waals surface area (Å²) in [6, 6.07) is 5.02. The molecular weight excluding hydrogens is 336 g/mol. The van der Waals surface area contributed by atoms with Crippen LogP contribution in [0.25, 0.3) is 0 Å². The fourth-order valence-corrected chi connectivity index (χ4v) is 2.79. The number of methoxy groups -OCH3 is 1. The molecule has 144 valence electrons. The fraction of sp³-hybridized carbons (Fsp3) is 0.579. The smallest absolute Gasteiger partial charge is 0.337 e. The van der Waals surface area contributed by atoms with Crippen molar-refractivity contribution in [3.63, 3.8) is 0 Å². The predicted octanol–water partition coefficient (Wildman–Crippen LogP) is 1.39. The molecule has 1 fully saturated rings. The lowest BCUT2D eigenvalue weighted by Crippen LogP contribution is -2.55. The van der Waals surface area contributed by atoms with Crippen molar-refractivity contribution < 1.29 is 23.8 Å². The highest BCUT2D eigenvalue weighted by Crippen LogP contribution is 2.20. The maximum absolute atomic E-state index is 12.2. The molecule has 0 bridgehead atoms. The summed E-state index contributed by atoms with van der Waals surface area (Å²) in [5, 5.41) is 2.92. The van der Waals surface area contributed by atoms with Gasteiger partial charge in [0, 0.05) is 25.2 Å². The molecule has 1 N–H and O–H groups in total. The van der Waals surface area contributed by atoms with Crippen molar-refractivity contribution in [1.82, 2.24) is 10.2 Å². The number of hydrogen-bond acceptors (Lipinski definition) is 6. The molecule has 1 aromatic carbocycles. The summed E-state index contributed by atoms with van der Waals surface area (Å²) < 4.78 is 15.7.